The molecule has 0 bridgehead atoms. The van der Waals surface area contributed by atoms with Crippen molar-refractivity contribution in [3.63, 3.8) is 0 Å². The van der Waals surface area contributed by atoms with Crippen LogP contribution in [0.4, 0.5) is 0 Å². The van der Waals surface area contributed by atoms with E-state index < -0.39 is 0 Å². The van der Waals surface area contributed by atoms with Crippen LogP contribution in [0.1, 0.15) is 50.7 Å². The molecule has 1 aromatic carbocycles. The minimum absolute atomic E-state index is 0.597. The van der Waals surface area contributed by atoms with Gasteiger partial charge in [0.25, 0.3) is 0 Å². The Morgan fingerprint density at radius 2 is 1.59 bits per heavy atom. The maximum atomic E-state index is 2.33. The molecule has 0 fully saturated rings. The quantitative estimate of drug-likeness (QED) is 0.653. The highest BCUT2D eigenvalue weighted by Gasteiger charge is 2.07. The molecule has 0 aliphatic carbocycles. The van der Waals surface area contributed by atoms with E-state index >= 15 is 0 Å². The number of hydrogen-bond acceptors (Lipinski definition) is 1. The van der Waals surface area contributed by atoms with Gasteiger partial charge in [-0.2, -0.15) is 0 Å². The van der Waals surface area contributed by atoms with E-state index in [9.17, 15) is 0 Å². The van der Waals surface area contributed by atoms with E-state index in [4.69, 9.17) is 0 Å². The second-order valence-corrected chi connectivity index (χ2v) is 6.09. The molecule has 2 aromatic rings. The number of thiophene rings is 1. The summed E-state index contributed by atoms with van der Waals surface area (Å²) in [6.07, 6.45) is 0. The lowest BCUT2D eigenvalue weighted by atomic mass is 9.99. The zero-order valence-corrected chi connectivity index (χ0v) is 11.8. The molecule has 90 valence electrons. The van der Waals surface area contributed by atoms with Gasteiger partial charge in [-0.3, -0.25) is 0 Å². The van der Waals surface area contributed by atoms with Gasteiger partial charge in [-0.1, -0.05) is 52.0 Å². The van der Waals surface area contributed by atoms with Crippen molar-refractivity contribution < 1.29 is 0 Å². The second kappa shape index (κ2) is 5.05. The van der Waals surface area contributed by atoms with Gasteiger partial charge < -0.3 is 0 Å². The molecule has 17 heavy (non-hydrogen) atoms. The van der Waals surface area contributed by atoms with E-state index in [1.807, 2.05) is 11.3 Å². The molecule has 0 saturated carbocycles. The molecule has 0 unspecified atom stereocenters. The molecule has 1 heterocycles. The Kier molecular flexibility index (Phi) is 3.68. The SMILES string of the molecule is CC(C)c1cccc(-c2cc(C(C)C)cs2)c1. The lowest BCUT2D eigenvalue weighted by Crippen LogP contribution is -1.86. The highest BCUT2D eigenvalue weighted by molar-refractivity contribution is 7.13. The Balaban J connectivity index is 2.35. The topological polar surface area (TPSA) is 0 Å². The third-order valence-electron chi connectivity index (χ3n) is 3.12. The maximum Gasteiger partial charge on any atom is 0.0345 e. The van der Waals surface area contributed by atoms with Crippen LogP contribution < -0.4 is 0 Å². The molecular formula is C16H20S. The lowest BCUT2D eigenvalue weighted by molar-refractivity contribution is 0.867. The van der Waals surface area contributed by atoms with Crippen LogP contribution in [0.2, 0.25) is 0 Å². The summed E-state index contributed by atoms with van der Waals surface area (Å²) < 4.78 is 0. The molecule has 2 rings (SSSR count). The van der Waals surface area contributed by atoms with Gasteiger partial charge in [-0.25, -0.2) is 0 Å². The van der Waals surface area contributed by atoms with Crippen molar-refractivity contribution in [3.05, 3.63) is 46.8 Å². The van der Waals surface area contributed by atoms with Crippen LogP contribution in [0.15, 0.2) is 35.7 Å². The molecule has 1 heteroatoms. The summed E-state index contributed by atoms with van der Waals surface area (Å²) in [4.78, 5) is 1.39. The molecule has 0 aliphatic rings. The normalized spacial score (nSPS) is 11.4. The summed E-state index contributed by atoms with van der Waals surface area (Å²) in [7, 11) is 0. The van der Waals surface area contributed by atoms with Crippen LogP contribution in [-0.4, -0.2) is 0 Å². The van der Waals surface area contributed by atoms with Crippen LogP contribution in [0.5, 0.6) is 0 Å². The van der Waals surface area contributed by atoms with Crippen LogP contribution in [0.3, 0.4) is 0 Å². The van der Waals surface area contributed by atoms with Crippen molar-refractivity contribution in [3.8, 4) is 10.4 Å². The standard InChI is InChI=1S/C16H20S/c1-11(2)13-6-5-7-14(8-13)16-9-15(10-17-16)12(3)4/h5-12H,1-4H3. The zero-order chi connectivity index (χ0) is 12.4. The molecule has 0 atom stereocenters. The van der Waals surface area contributed by atoms with Crippen molar-refractivity contribution in [2.45, 2.75) is 39.5 Å². The molecule has 0 saturated heterocycles. The van der Waals surface area contributed by atoms with Crippen molar-refractivity contribution in [1.82, 2.24) is 0 Å². The van der Waals surface area contributed by atoms with Gasteiger partial charge in [0.15, 0.2) is 0 Å². The summed E-state index contributed by atoms with van der Waals surface area (Å²) in [6, 6.07) is 11.2. The molecule has 0 nitrogen and oxygen atoms in total. The third kappa shape index (κ3) is 2.78. The van der Waals surface area contributed by atoms with Gasteiger partial charge in [0.1, 0.15) is 0 Å². The van der Waals surface area contributed by atoms with Gasteiger partial charge in [0.2, 0.25) is 0 Å². The van der Waals surface area contributed by atoms with Gasteiger partial charge in [0.05, 0.1) is 0 Å². The first kappa shape index (κ1) is 12.4. The van der Waals surface area contributed by atoms with Crippen LogP contribution >= 0.6 is 11.3 Å². The lowest BCUT2D eigenvalue weighted by Gasteiger charge is -2.06. The van der Waals surface area contributed by atoms with Crippen molar-refractivity contribution in [1.29, 1.82) is 0 Å². The average Bonchev–Trinajstić information content (AvgIpc) is 2.78. The van der Waals surface area contributed by atoms with Crippen LogP contribution in [0.25, 0.3) is 10.4 Å². The van der Waals surface area contributed by atoms with Crippen molar-refractivity contribution in [2.75, 3.05) is 0 Å². The minimum Gasteiger partial charge on any atom is -0.144 e. The maximum absolute atomic E-state index is 2.33. The van der Waals surface area contributed by atoms with Gasteiger partial charge in [-0.05, 0) is 40.0 Å². The van der Waals surface area contributed by atoms with E-state index in [-0.39, 0.29) is 0 Å². The Hall–Kier alpha value is -1.08. The van der Waals surface area contributed by atoms with Crippen molar-refractivity contribution >= 4 is 11.3 Å². The zero-order valence-electron chi connectivity index (χ0n) is 11.0. The monoisotopic (exact) mass is 244 g/mol. The molecule has 0 amide bonds. The predicted octanol–water partition coefficient (Wildman–Crippen LogP) is 5.66. The Morgan fingerprint density at radius 1 is 0.882 bits per heavy atom. The number of hydrogen-bond donors (Lipinski definition) is 0. The molecule has 0 N–H and O–H groups in total. The fourth-order valence-corrected chi connectivity index (χ4v) is 2.93. The molecule has 0 spiro atoms. The van der Waals surface area contributed by atoms with E-state index in [0.29, 0.717) is 11.8 Å². The fraction of sp³-hybridized carbons (Fsp3) is 0.375. The summed E-state index contributed by atoms with van der Waals surface area (Å²) in [5.74, 6) is 1.22. The Morgan fingerprint density at radius 3 is 2.18 bits per heavy atom. The van der Waals surface area contributed by atoms with Gasteiger partial charge in [-0.15, -0.1) is 11.3 Å². The molecule has 0 radical (unpaired) electrons. The molecular weight excluding hydrogens is 224 g/mol. The summed E-state index contributed by atoms with van der Waals surface area (Å²) in [5, 5.41) is 2.28. The van der Waals surface area contributed by atoms with Gasteiger partial charge in [0, 0.05) is 4.88 Å². The smallest absolute Gasteiger partial charge is 0.0345 e. The largest absolute Gasteiger partial charge is 0.144 e. The highest BCUT2D eigenvalue weighted by Crippen LogP contribution is 2.31. The first-order chi connectivity index (χ1) is 8.08. The second-order valence-electron chi connectivity index (χ2n) is 5.18. The van der Waals surface area contributed by atoms with E-state index in [1.54, 1.807) is 0 Å². The van der Waals surface area contributed by atoms with Gasteiger partial charge >= 0.3 is 0 Å². The average molecular weight is 244 g/mol. The number of rotatable bonds is 3. The van der Waals surface area contributed by atoms with Crippen molar-refractivity contribution in [2.24, 2.45) is 0 Å². The Bertz CT molecular complexity index is 492. The predicted molar refractivity (Wildman–Crippen MR) is 77.9 cm³/mol. The molecule has 0 aliphatic heterocycles. The summed E-state index contributed by atoms with van der Waals surface area (Å²) in [6.45, 7) is 8.98. The third-order valence-corrected chi connectivity index (χ3v) is 4.12. The highest BCUT2D eigenvalue weighted by atomic mass is 32.1. The minimum atomic E-state index is 0.597. The molecule has 1 aromatic heterocycles. The first-order valence-electron chi connectivity index (χ1n) is 6.26. The number of benzene rings is 1. The van der Waals surface area contributed by atoms with Crippen LogP contribution in [-0.2, 0) is 0 Å². The van der Waals surface area contributed by atoms with Crippen LogP contribution in [0, 0.1) is 0 Å². The fourth-order valence-electron chi connectivity index (χ4n) is 1.86. The summed E-state index contributed by atoms with van der Waals surface area (Å²) >= 11 is 1.85. The van der Waals surface area contributed by atoms with E-state index in [0.717, 1.165) is 0 Å². The summed E-state index contributed by atoms with van der Waals surface area (Å²) in [5.41, 5.74) is 4.22. The van der Waals surface area contributed by atoms with E-state index in [2.05, 4.69) is 63.4 Å². The first-order valence-corrected chi connectivity index (χ1v) is 7.14. The van der Waals surface area contributed by atoms with E-state index in [1.165, 1.54) is 21.6 Å². The Labute approximate surface area is 108 Å².